The molecule has 1 aliphatic heterocycles. The second-order valence-corrected chi connectivity index (χ2v) is 12.3. The first-order valence-corrected chi connectivity index (χ1v) is 15.2. The Kier molecular flexibility index (Phi) is 7.53. The minimum atomic E-state index is -3.76. The largest absolute Gasteiger partial charge is 0.399 e. The Morgan fingerprint density at radius 3 is 2.08 bits per heavy atom. The van der Waals surface area contributed by atoms with E-state index in [1.165, 1.54) is 0 Å². The number of nitrogens with two attached hydrogens (primary N) is 1. The zero-order valence-electron chi connectivity index (χ0n) is 22.7. The van der Waals surface area contributed by atoms with E-state index < -0.39 is 15.9 Å². The van der Waals surface area contributed by atoms with Gasteiger partial charge in [0, 0.05) is 66.6 Å². The molecule has 208 valence electrons. The molecule has 0 radical (unpaired) electrons. The molecule has 3 N–H and O–H groups in total. The number of amides is 1. The van der Waals surface area contributed by atoms with Crippen LogP contribution in [0.25, 0.3) is 22.4 Å². The number of hydrogen-bond acceptors (Lipinski definition) is 6. The summed E-state index contributed by atoms with van der Waals surface area (Å²) in [7, 11) is -1.89. The Labute approximate surface area is 240 Å². The van der Waals surface area contributed by atoms with E-state index in [0.29, 0.717) is 21.8 Å². The van der Waals surface area contributed by atoms with Crippen molar-refractivity contribution in [3.63, 3.8) is 0 Å². The highest BCUT2D eigenvalue weighted by Crippen LogP contribution is 2.40. The van der Waals surface area contributed by atoms with Crippen LogP contribution in [0.1, 0.15) is 16.1 Å². The van der Waals surface area contributed by atoms with Crippen LogP contribution in [-0.2, 0) is 17.1 Å². The summed E-state index contributed by atoms with van der Waals surface area (Å²) < 4.78 is 28.1. The Morgan fingerprint density at radius 2 is 1.48 bits per heavy atom. The van der Waals surface area contributed by atoms with Crippen LogP contribution in [0, 0.1) is 6.92 Å². The van der Waals surface area contributed by atoms with Gasteiger partial charge in [0.1, 0.15) is 0 Å². The molecule has 1 fully saturated rings. The summed E-state index contributed by atoms with van der Waals surface area (Å²) in [5.41, 5.74) is 12.9. The summed E-state index contributed by atoms with van der Waals surface area (Å²) in [6.45, 7) is 5.19. The highest BCUT2D eigenvalue weighted by molar-refractivity contribution is 7.89. The molecular formula is C30H32ClN5O3S. The number of benzene rings is 3. The van der Waals surface area contributed by atoms with E-state index in [1.807, 2.05) is 67.1 Å². The van der Waals surface area contributed by atoms with Gasteiger partial charge in [-0.1, -0.05) is 35.9 Å². The van der Waals surface area contributed by atoms with Crippen molar-refractivity contribution in [2.24, 2.45) is 7.05 Å². The Morgan fingerprint density at radius 1 is 0.875 bits per heavy atom. The molecule has 5 rings (SSSR count). The van der Waals surface area contributed by atoms with Crippen LogP contribution in [0.15, 0.2) is 72.8 Å². The zero-order chi connectivity index (χ0) is 28.6. The van der Waals surface area contributed by atoms with Gasteiger partial charge in [0.05, 0.1) is 17.5 Å². The van der Waals surface area contributed by atoms with Crippen LogP contribution in [0.5, 0.6) is 0 Å². The normalized spacial score (nSPS) is 13.9. The average molecular weight is 578 g/mol. The third kappa shape index (κ3) is 5.66. The number of nitrogens with one attached hydrogen (secondary N) is 1. The van der Waals surface area contributed by atoms with Crippen molar-refractivity contribution in [3.05, 3.63) is 89.1 Å². The van der Waals surface area contributed by atoms with Crippen molar-refractivity contribution in [2.75, 3.05) is 48.0 Å². The van der Waals surface area contributed by atoms with Gasteiger partial charge in [0.15, 0.2) is 0 Å². The first-order chi connectivity index (χ1) is 19.0. The van der Waals surface area contributed by atoms with Gasteiger partial charge in [-0.05, 0) is 66.6 Å². The molecule has 1 amide bonds. The van der Waals surface area contributed by atoms with Gasteiger partial charge < -0.3 is 20.1 Å². The molecule has 0 aliphatic carbocycles. The summed E-state index contributed by atoms with van der Waals surface area (Å²) in [4.78, 5) is 18.0. The fourth-order valence-electron chi connectivity index (χ4n) is 5.29. The summed E-state index contributed by atoms with van der Waals surface area (Å²) >= 11 is 6.17. The van der Waals surface area contributed by atoms with Crippen LogP contribution in [0.4, 0.5) is 17.1 Å². The summed E-state index contributed by atoms with van der Waals surface area (Å²) in [6.07, 6.45) is 0.980. The highest BCUT2D eigenvalue weighted by Gasteiger charge is 2.28. The lowest BCUT2D eigenvalue weighted by molar-refractivity contribution is 0.0981. The third-order valence-electron chi connectivity index (χ3n) is 7.35. The molecule has 1 aliphatic rings. The first-order valence-electron chi connectivity index (χ1n) is 12.9. The molecule has 8 nitrogen and oxygen atoms in total. The lowest BCUT2D eigenvalue weighted by Gasteiger charge is -2.37. The molecule has 0 atom stereocenters. The molecule has 0 bridgehead atoms. The van der Waals surface area contributed by atoms with Crippen LogP contribution < -0.4 is 20.3 Å². The van der Waals surface area contributed by atoms with Crippen molar-refractivity contribution >= 4 is 44.6 Å². The smallest absolute Gasteiger partial charge is 0.267 e. The number of aromatic nitrogens is 1. The Balaban J connectivity index is 1.54. The predicted molar refractivity (Wildman–Crippen MR) is 164 cm³/mol. The minimum Gasteiger partial charge on any atom is -0.399 e. The molecule has 3 aromatic carbocycles. The van der Waals surface area contributed by atoms with Crippen molar-refractivity contribution in [3.8, 4) is 22.4 Å². The number of carbonyl (C=O) groups excluding carboxylic acids is 1. The molecule has 0 saturated carbocycles. The van der Waals surface area contributed by atoms with Crippen LogP contribution >= 0.6 is 11.6 Å². The molecule has 0 unspecified atom stereocenters. The van der Waals surface area contributed by atoms with Gasteiger partial charge in [0.25, 0.3) is 5.91 Å². The number of rotatable bonds is 6. The van der Waals surface area contributed by atoms with Crippen molar-refractivity contribution in [1.29, 1.82) is 0 Å². The van der Waals surface area contributed by atoms with Gasteiger partial charge in [0.2, 0.25) is 10.0 Å². The second-order valence-electron chi connectivity index (χ2n) is 10.1. The monoisotopic (exact) mass is 577 g/mol. The summed E-state index contributed by atoms with van der Waals surface area (Å²) in [5, 5.41) is 0.603. The fourth-order valence-corrected chi connectivity index (χ4v) is 5.86. The van der Waals surface area contributed by atoms with Crippen LogP contribution in [0.2, 0.25) is 5.02 Å². The maximum absolute atomic E-state index is 13.4. The number of nitrogens with zero attached hydrogens (tertiary/aromatic N) is 3. The number of halogens is 1. The van der Waals surface area contributed by atoms with Gasteiger partial charge in [-0.15, -0.1) is 0 Å². The number of anilines is 3. The predicted octanol–water partition coefficient (Wildman–Crippen LogP) is 4.92. The van der Waals surface area contributed by atoms with E-state index in [9.17, 15) is 13.2 Å². The van der Waals surface area contributed by atoms with E-state index >= 15 is 0 Å². The van der Waals surface area contributed by atoms with Gasteiger partial charge in [-0.3, -0.25) is 4.79 Å². The standard InChI is InChI=1S/C30H32ClN5O3S/c1-20-27(30(37)33-40(3,38)39)28(29(34(20)2)21-7-9-23(31)10-8-21)22-5-4-6-26(19-22)36-17-15-35(16-18-36)25-13-11-24(32)12-14-25/h4-14,19H,15-18,32H2,1-3H3,(H,33,37). The fraction of sp³-hybridized carbons (Fsp3) is 0.233. The number of nitrogen functional groups attached to an aromatic ring is 1. The van der Waals surface area contributed by atoms with Gasteiger partial charge >= 0.3 is 0 Å². The first kappa shape index (κ1) is 27.6. The lowest BCUT2D eigenvalue weighted by atomic mass is 9.96. The lowest BCUT2D eigenvalue weighted by Crippen LogP contribution is -2.46. The SMILES string of the molecule is Cc1c(C(=O)NS(C)(=O)=O)c(-c2cccc(N3CCN(c4ccc(N)cc4)CC3)c2)c(-c2ccc(Cl)cc2)n1C. The van der Waals surface area contributed by atoms with E-state index in [2.05, 4.69) is 26.7 Å². The molecular weight excluding hydrogens is 546 g/mol. The van der Waals surface area contributed by atoms with Gasteiger partial charge in [-0.2, -0.15) is 0 Å². The maximum atomic E-state index is 13.4. The number of piperazine rings is 1. The van der Waals surface area contributed by atoms with Gasteiger partial charge in [-0.25, -0.2) is 13.1 Å². The van der Waals surface area contributed by atoms with Crippen molar-refractivity contribution in [2.45, 2.75) is 6.92 Å². The Hall–Kier alpha value is -3.95. The average Bonchev–Trinajstić information content (AvgIpc) is 3.19. The number of sulfonamides is 1. The topological polar surface area (TPSA) is 101 Å². The molecule has 1 aromatic heterocycles. The minimum absolute atomic E-state index is 0.322. The molecule has 1 saturated heterocycles. The molecule has 40 heavy (non-hydrogen) atoms. The maximum Gasteiger partial charge on any atom is 0.267 e. The zero-order valence-corrected chi connectivity index (χ0v) is 24.3. The summed E-state index contributed by atoms with van der Waals surface area (Å²) in [5.74, 6) is -0.659. The molecule has 0 spiro atoms. The number of carbonyl (C=O) groups is 1. The second kappa shape index (κ2) is 10.9. The van der Waals surface area contributed by atoms with E-state index in [0.717, 1.165) is 66.3 Å². The van der Waals surface area contributed by atoms with E-state index in [4.69, 9.17) is 17.3 Å². The Bertz CT molecular complexity index is 1660. The quantitative estimate of drug-likeness (QED) is 0.316. The van der Waals surface area contributed by atoms with E-state index in [-0.39, 0.29) is 0 Å². The number of hydrogen-bond donors (Lipinski definition) is 2. The molecule has 2 heterocycles. The third-order valence-corrected chi connectivity index (χ3v) is 8.16. The summed E-state index contributed by atoms with van der Waals surface area (Å²) in [6, 6.07) is 23.4. The highest BCUT2D eigenvalue weighted by atomic mass is 35.5. The molecule has 4 aromatic rings. The van der Waals surface area contributed by atoms with Crippen molar-refractivity contribution < 1.29 is 13.2 Å². The molecule has 10 heteroatoms. The van der Waals surface area contributed by atoms with E-state index in [1.54, 1.807) is 12.1 Å². The van der Waals surface area contributed by atoms with Crippen molar-refractivity contribution in [1.82, 2.24) is 9.29 Å². The van der Waals surface area contributed by atoms with Crippen LogP contribution in [-0.4, -0.2) is 51.3 Å². The van der Waals surface area contributed by atoms with Crippen LogP contribution in [0.3, 0.4) is 0 Å².